The molecule has 1 atom stereocenters. The lowest BCUT2D eigenvalue weighted by atomic mass is 10.2. The first-order valence-electron chi connectivity index (χ1n) is 6.79. The molecule has 1 aromatic rings. The Morgan fingerprint density at radius 2 is 2.11 bits per heavy atom. The van der Waals surface area contributed by atoms with E-state index in [1.165, 1.54) is 16.9 Å². The summed E-state index contributed by atoms with van der Waals surface area (Å²) in [6, 6.07) is 6.41. The van der Waals surface area contributed by atoms with Gasteiger partial charge in [0.2, 0.25) is 0 Å². The number of halogens is 1. The Morgan fingerprint density at radius 1 is 1.33 bits per heavy atom. The van der Waals surface area contributed by atoms with Gasteiger partial charge in [-0.05, 0) is 36.6 Å². The van der Waals surface area contributed by atoms with E-state index < -0.39 is 0 Å². The van der Waals surface area contributed by atoms with Gasteiger partial charge in [-0.15, -0.1) is 11.8 Å². The van der Waals surface area contributed by atoms with Crippen LogP contribution in [0.1, 0.15) is 39.2 Å². The molecule has 1 rings (SSSR count). The zero-order chi connectivity index (χ0) is 13.4. The van der Waals surface area contributed by atoms with Crippen molar-refractivity contribution in [2.45, 2.75) is 45.1 Å². The molecule has 0 saturated carbocycles. The normalized spacial score (nSPS) is 12.7. The van der Waals surface area contributed by atoms with E-state index in [0.717, 1.165) is 36.2 Å². The van der Waals surface area contributed by atoms with E-state index in [-0.39, 0.29) is 0 Å². The first-order chi connectivity index (χ1) is 8.67. The lowest BCUT2D eigenvalue weighted by molar-refractivity contribution is 0.637. The van der Waals surface area contributed by atoms with E-state index in [1.807, 2.05) is 11.8 Å². The van der Waals surface area contributed by atoms with E-state index in [0.29, 0.717) is 0 Å². The molecule has 1 aromatic carbocycles. The van der Waals surface area contributed by atoms with Gasteiger partial charge < -0.3 is 5.32 Å². The second-order valence-corrected chi connectivity index (χ2v) is 6.24. The SMILES string of the molecule is CCCNCc1ccc(SCC(C)CC)c(Cl)c1. The molecule has 1 N–H and O–H groups in total. The van der Waals surface area contributed by atoms with Crippen molar-refractivity contribution >= 4 is 23.4 Å². The summed E-state index contributed by atoms with van der Waals surface area (Å²) < 4.78 is 0. The Balaban J connectivity index is 2.51. The first kappa shape index (κ1) is 15.9. The van der Waals surface area contributed by atoms with Gasteiger partial charge in [-0.3, -0.25) is 0 Å². The highest BCUT2D eigenvalue weighted by molar-refractivity contribution is 7.99. The largest absolute Gasteiger partial charge is 0.313 e. The second kappa shape index (κ2) is 8.84. The molecule has 1 unspecified atom stereocenters. The van der Waals surface area contributed by atoms with Crippen LogP contribution in [-0.4, -0.2) is 12.3 Å². The van der Waals surface area contributed by atoms with Gasteiger partial charge >= 0.3 is 0 Å². The summed E-state index contributed by atoms with van der Waals surface area (Å²) in [6.45, 7) is 8.65. The van der Waals surface area contributed by atoms with E-state index in [4.69, 9.17) is 11.6 Å². The third-order valence-electron chi connectivity index (χ3n) is 2.97. The van der Waals surface area contributed by atoms with Crippen molar-refractivity contribution in [3.05, 3.63) is 28.8 Å². The molecule has 102 valence electrons. The predicted molar refractivity (Wildman–Crippen MR) is 83.6 cm³/mol. The van der Waals surface area contributed by atoms with Crippen molar-refractivity contribution < 1.29 is 0 Å². The molecule has 0 bridgehead atoms. The Morgan fingerprint density at radius 3 is 2.72 bits per heavy atom. The van der Waals surface area contributed by atoms with Crippen molar-refractivity contribution in [2.75, 3.05) is 12.3 Å². The molecule has 0 aromatic heterocycles. The highest BCUT2D eigenvalue weighted by Crippen LogP contribution is 2.29. The third-order valence-corrected chi connectivity index (χ3v) is 4.80. The van der Waals surface area contributed by atoms with Gasteiger partial charge in [-0.25, -0.2) is 0 Å². The van der Waals surface area contributed by atoms with Crippen molar-refractivity contribution in [3.8, 4) is 0 Å². The Kier molecular flexibility index (Phi) is 7.80. The van der Waals surface area contributed by atoms with Crippen molar-refractivity contribution in [1.29, 1.82) is 0 Å². The highest BCUT2D eigenvalue weighted by atomic mass is 35.5. The summed E-state index contributed by atoms with van der Waals surface area (Å²) in [6.07, 6.45) is 2.39. The molecular weight excluding hydrogens is 262 g/mol. The maximum atomic E-state index is 6.32. The van der Waals surface area contributed by atoms with Gasteiger partial charge in [0.25, 0.3) is 0 Å². The van der Waals surface area contributed by atoms with Crippen LogP contribution in [0.3, 0.4) is 0 Å². The van der Waals surface area contributed by atoms with Crippen LogP contribution in [0, 0.1) is 5.92 Å². The summed E-state index contributed by atoms with van der Waals surface area (Å²) in [5.41, 5.74) is 1.27. The molecule has 0 aliphatic rings. The van der Waals surface area contributed by atoms with Crippen LogP contribution in [0.15, 0.2) is 23.1 Å². The Labute approximate surface area is 121 Å². The zero-order valence-corrected chi connectivity index (χ0v) is 13.2. The number of hydrogen-bond donors (Lipinski definition) is 1. The molecule has 0 aliphatic heterocycles. The van der Waals surface area contributed by atoms with Crippen LogP contribution in [0.25, 0.3) is 0 Å². The topological polar surface area (TPSA) is 12.0 Å². The van der Waals surface area contributed by atoms with Gasteiger partial charge in [-0.1, -0.05) is 44.9 Å². The number of benzene rings is 1. The molecule has 0 spiro atoms. The smallest absolute Gasteiger partial charge is 0.0545 e. The fourth-order valence-electron chi connectivity index (χ4n) is 1.53. The fraction of sp³-hybridized carbons (Fsp3) is 0.600. The Bertz CT molecular complexity index is 354. The molecule has 0 radical (unpaired) electrons. The molecule has 1 nitrogen and oxygen atoms in total. The average Bonchev–Trinajstić information content (AvgIpc) is 2.37. The summed E-state index contributed by atoms with van der Waals surface area (Å²) in [4.78, 5) is 1.20. The fourth-order valence-corrected chi connectivity index (χ4v) is 2.96. The Hall–Kier alpha value is -0.180. The quantitative estimate of drug-likeness (QED) is 0.534. The molecule has 0 saturated heterocycles. The van der Waals surface area contributed by atoms with Crippen LogP contribution in [0.5, 0.6) is 0 Å². The lowest BCUT2D eigenvalue weighted by Gasteiger charge is -2.10. The maximum absolute atomic E-state index is 6.32. The molecule has 0 heterocycles. The standard InChI is InChI=1S/C15H24ClNS/c1-4-8-17-10-13-6-7-15(14(16)9-13)18-11-12(3)5-2/h6-7,9,12,17H,4-5,8,10-11H2,1-3H3. The number of hydrogen-bond acceptors (Lipinski definition) is 2. The molecule has 0 fully saturated rings. The summed E-state index contributed by atoms with van der Waals surface area (Å²) >= 11 is 8.18. The average molecular weight is 286 g/mol. The molecule has 3 heteroatoms. The van der Waals surface area contributed by atoms with E-state index in [1.54, 1.807) is 0 Å². The van der Waals surface area contributed by atoms with Crippen LogP contribution in [0.4, 0.5) is 0 Å². The minimum Gasteiger partial charge on any atom is -0.313 e. The zero-order valence-electron chi connectivity index (χ0n) is 11.6. The van der Waals surface area contributed by atoms with Crippen LogP contribution in [-0.2, 0) is 6.54 Å². The van der Waals surface area contributed by atoms with E-state index >= 15 is 0 Å². The van der Waals surface area contributed by atoms with Crippen molar-refractivity contribution in [1.82, 2.24) is 5.32 Å². The maximum Gasteiger partial charge on any atom is 0.0545 e. The summed E-state index contributed by atoms with van der Waals surface area (Å²) in [5.74, 6) is 1.89. The molecule has 18 heavy (non-hydrogen) atoms. The molecule has 0 amide bonds. The number of rotatable bonds is 8. The second-order valence-electron chi connectivity index (χ2n) is 4.77. The van der Waals surface area contributed by atoms with Crippen molar-refractivity contribution in [2.24, 2.45) is 5.92 Å². The van der Waals surface area contributed by atoms with E-state index in [9.17, 15) is 0 Å². The van der Waals surface area contributed by atoms with Gasteiger partial charge in [0, 0.05) is 17.2 Å². The third kappa shape index (κ3) is 5.64. The van der Waals surface area contributed by atoms with Crippen LogP contribution >= 0.6 is 23.4 Å². The first-order valence-corrected chi connectivity index (χ1v) is 8.15. The summed E-state index contributed by atoms with van der Waals surface area (Å²) in [5, 5.41) is 4.28. The van der Waals surface area contributed by atoms with Crippen LogP contribution in [0.2, 0.25) is 5.02 Å². The molecule has 0 aliphatic carbocycles. The minimum atomic E-state index is 0.747. The predicted octanol–water partition coefficient (Wildman–Crippen LogP) is 4.98. The lowest BCUT2D eigenvalue weighted by Crippen LogP contribution is -2.13. The number of nitrogens with one attached hydrogen (secondary N) is 1. The van der Waals surface area contributed by atoms with Gasteiger partial charge in [-0.2, -0.15) is 0 Å². The summed E-state index contributed by atoms with van der Waals surface area (Å²) in [7, 11) is 0. The van der Waals surface area contributed by atoms with Crippen LogP contribution < -0.4 is 5.32 Å². The minimum absolute atomic E-state index is 0.747. The monoisotopic (exact) mass is 285 g/mol. The van der Waals surface area contributed by atoms with E-state index in [2.05, 4.69) is 44.3 Å². The van der Waals surface area contributed by atoms with Gasteiger partial charge in [0.1, 0.15) is 0 Å². The van der Waals surface area contributed by atoms with Gasteiger partial charge in [0.15, 0.2) is 0 Å². The highest BCUT2D eigenvalue weighted by Gasteiger charge is 2.05. The van der Waals surface area contributed by atoms with Crippen molar-refractivity contribution in [3.63, 3.8) is 0 Å². The van der Waals surface area contributed by atoms with Gasteiger partial charge in [0.05, 0.1) is 5.02 Å². The number of thioether (sulfide) groups is 1. The molecular formula is C15H24ClNS.